The highest BCUT2D eigenvalue weighted by Gasteiger charge is 2.40. The second-order valence-electron chi connectivity index (χ2n) is 11.4. The topological polar surface area (TPSA) is 118 Å². The summed E-state index contributed by atoms with van der Waals surface area (Å²) in [5.41, 5.74) is 4.71. The molecule has 1 amide bonds. The Kier molecular flexibility index (Phi) is 7.87. The monoisotopic (exact) mass is 636 g/mol. The van der Waals surface area contributed by atoms with Gasteiger partial charge < -0.3 is 20.4 Å². The van der Waals surface area contributed by atoms with E-state index in [1.807, 2.05) is 6.92 Å². The first-order valence-electron chi connectivity index (χ1n) is 14.3. The van der Waals surface area contributed by atoms with Gasteiger partial charge in [-0.2, -0.15) is 27.2 Å². The van der Waals surface area contributed by atoms with Gasteiger partial charge in [0.2, 0.25) is 6.43 Å². The van der Waals surface area contributed by atoms with Crippen molar-refractivity contribution >= 4 is 22.8 Å². The van der Waals surface area contributed by atoms with Crippen LogP contribution < -0.4 is 10.5 Å². The maximum atomic E-state index is 14.4. The number of halogens is 6. The van der Waals surface area contributed by atoms with Crippen LogP contribution >= 0.6 is 0 Å². The van der Waals surface area contributed by atoms with Gasteiger partial charge >= 0.3 is 18.3 Å². The van der Waals surface area contributed by atoms with Crippen molar-refractivity contribution in [1.29, 1.82) is 0 Å². The number of aromatic nitrogens is 5. The van der Waals surface area contributed by atoms with Gasteiger partial charge in [0.05, 0.1) is 16.8 Å². The number of nitrogens with one attached hydrogen (secondary N) is 1. The van der Waals surface area contributed by atoms with Gasteiger partial charge in [0.25, 0.3) is 0 Å². The van der Waals surface area contributed by atoms with Crippen molar-refractivity contribution in [3.05, 3.63) is 53.0 Å². The van der Waals surface area contributed by atoms with Crippen LogP contribution in [0.4, 0.5) is 37.0 Å². The Morgan fingerprint density at radius 1 is 1.27 bits per heavy atom. The number of nitrogens with two attached hydrogens (primary N) is 1. The van der Waals surface area contributed by atoms with Gasteiger partial charge in [0, 0.05) is 66.9 Å². The molecule has 0 bridgehead atoms. The van der Waals surface area contributed by atoms with Crippen molar-refractivity contribution in [3.8, 4) is 17.0 Å². The van der Waals surface area contributed by atoms with Gasteiger partial charge in [-0.3, -0.25) is 4.90 Å². The lowest BCUT2D eigenvalue weighted by atomic mass is 9.90. The average Bonchev–Trinajstić information content (AvgIpc) is 3.65. The Balaban J connectivity index is 1.38. The summed E-state index contributed by atoms with van der Waals surface area (Å²) in [5, 5.41) is 3.99. The number of aryl methyl sites for hydroxylation is 1. The summed E-state index contributed by atoms with van der Waals surface area (Å²) in [6.07, 6.45) is -6.37. The van der Waals surface area contributed by atoms with Gasteiger partial charge in [-0.1, -0.05) is 0 Å². The smallest absolute Gasteiger partial charge is 0.418 e. The molecule has 45 heavy (non-hydrogen) atoms. The Labute approximate surface area is 253 Å². The number of carbonyl (C=O) groups excluding carboxylic acids is 1. The van der Waals surface area contributed by atoms with E-state index in [-0.39, 0.29) is 58.9 Å². The number of alkyl halides is 5. The third kappa shape index (κ3) is 5.66. The molecule has 3 N–H and O–H groups in total. The lowest BCUT2D eigenvalue weighted by molar-refractivity contribution is -0.137. The van der Waals surface area contributed by atoms with E-state index < -0.39 is 42.4 Å². The molecule has 240 valence electrons. The van der Waals surface area contributed by atoms with Crippen LogP contribution in [0.3, 0.4) is 0 Å². The minimum atomic E-state index is -4.83. The maximum Gasteiger partial charge on any atom is 0.418 e. The van der Waals surface area contributed by atoms with E-state index in [1.54, 1.807) is 11.0 Å². The van der Waals surface area contributed by atoms with Crippen LogP contribution in [0, 0.1) is 18.9 Å². The largest absolute Gasteiger partial charge is 0.492 e. The summed E-state index contributed by atoms with van der Waals surface area (Å²) in [6, 6.07) is 2.06. The first kappa shape index (κ1) is 30.7. The van der Waals surface area contributed by atoms with Crippen LogP contribution in [0.5, 0.6) is 5.75 Å². The zero-order chi connectivity index (χ0) is 32.2. The van der Waals surface area contributed by atoms with Crippen LogP contribution in [0.1, 0.15) is 35.6 Å². The molecule has 10 nitrogen and oxygen atoms in total. The Hall–Kier alpha value is -4.34. The van der Waals surface area contributed by atoms with E-state index in [0.29, 0.717) is 37.0 Å². The molecule has 2 unspecified atom stereocenters. The summed E-state index contributed by atoms with van der Waals surface area (Å²) >= 11 is 0. The van der Waals surface area contributed by atoms with E-state index in [0.717, 1.165) is 17.1 Å². The molecule has 1 fully saturated rings. The summed E-state index contributed by atoms with van der Waals surface area (Å²) in [6.45, 7) is 4.85. The zero-order valence-corrected chi connectivity index (χ0v) is 24.3. The molecule has 5 heterocycles. The molecule has 16 heteroatoms. The van der Waals surface area contributed by atoms with Crippen LogP contribution in [0.2, 0.25) is 0 Å². The minimum absolute atomic E-state index is 0.0132. The Bertz CT molecular complexity index is 1750. The number of hydrogen-bond acceptors (Lipinski definition) is 7. The third-order valence-electron chi connectivity index (χ3n) is 8.64. The highest BCUT2D eigenvalue weighted by atomic mass is 19.4. The molecule has 6 rings (SSSR count). The molecule has 0 saturated carbocycles. The number of amides is 1. The minimum Gasteiger partial charge on any atom is -0.492 e. The van der Waals surface area contributed by atoms with Gasteiger partial charge in [-0.25, -0.2) is 18.6 Å². The summed E-state index contributed by atoms with van der Waals surface area (Å²) in [7, 11) is 0. The van der Waals surface area contributed by atoms with Gasteiger partial charge in [0.15, 0.2) is 0 Å². The van der Waals surface area contributed by atoms with Crippen molar-refractivity contribution in [2.24, 2.45) is 5.92 Å². The molecule has 0 radical (unpaired) electrons. The van der Waals surface area contributed by atoms with Crippen molar-refractivity contribution < 1.29 is 35.9 Å². The first-order chi connectivity index (χ1) is 21.3. The Morgan fingerprint density at radius 2 is 2.04 bits per heavy atom. The summed E-state index contributed by atoms with van der Waals surface area (Å²) in [4.78, 5) is 26.9. The molecule has 3 aromatic heterocycles. The standard InChI is InChI=1S/C29H30F6N8O2/c1-14-9-21(36)39-25(23(14)29(33,34)35)22-18(10-20(30)31)26-19(17-3-5-37-24(17)22)12-41(7-8-45-26)11-16-4-6-42(15(16)2)28(44)43-13-38-27(32)40-43/h3,5,9,13,15-16,20,37H,4,6-8,10-12H2,1-2H3,(H2,36,39). The van der Waals surface area contributed by atoms with Gasteiger partial charge in [-0.15, -0.1) is 5.10 Å². The highest BCUT2D eigenvalue weighted by molar-refractivity contribution is 6.00. The normalized spacial score (nSPS) is 19.3. The molecule has 2 atom stereocenters. The zero-order valence-electron chi connectivity index (χ0n) is 24.3. The van der Waals surface area contributed by atoms with Crippen molar-refractivity contribution in [2.45, 2.75) is 51.9 Å². The van der Waals surface area contributed by atoms with E-state index in [1.165, 1.54) is 13.1 Å². The number of nitrogens with zero attached hydrogens (tertiary/aromatic N) is 6. The molecular formula is C29H30F6N8O2. The van der Waals surface area contributed by atoms with Crippen molar-refractivity contribution in [3.63, 3.8) is 0 Å². The molecule has 4 aromatic rings. The molecule has 0 spiro atoms. The quantitative estimate of drug-likeness (QED) is 0.288. The summed E-state index contributed by atoms with van der Waals surface area (Å²) < 4.78 is 91.6. The fourth-order valence-electron chi connectivity index (χ4n) is 6.63. The highest BCUT2D eigenvalue weighted by Crippen LogP contribution is 2.47. The van der Waals surface area contributed by atoms with Gasteiger partial charge in [-0.05, 0) is 43.9 Å². The lowest BCUT2D eigenvalue weighted by Crippen LogP contribution is -2.41. The van der Waals surface area contributed by atoms with Crippen molar-refractivity contribution in [2.75, 3.05) is 32.0 Å². The molecular weight excluding hydrogens is 606 g/mol. The SMILES string of the molecule is Cc1cc(N)nc(-c2c(CC(F)F)c3c(c4cc[nH]c24)CN(CC2CCN(C(=O)n4cnc(F)n4)C2C)CCO3)c1C(F)(F)F. The number of carbonyl (C=O) groups is 1. The molecule has 0 aliphatic carbocycles. The van der Waals surface area contributed by atoms with Crippen LogP contribution in [-0.4, -0.2) is 79.3 Å². The summed E-state index contributed by atoms with van der Waals surface area (Å²) in [5.74, 6) is -0.0500. The number of aromatic amines is 1. The molecule has 2 aliphatic rings. The van der Waals surface area contributed by atoms with Crippen LogP contribution in [0.25, 0.3) is 22.2 Å². The van der Waals surface area contributed by atoms with E-state index >= 15 is 0 Å². The number of pyridine rings is 1. The van der Waals surface area contributed by atoms with Crippen molar-refractivity contribution in [1.82, 2.24) is 34.5 Å². The van der Waals surface area contributed by atoms with Crippen LogP contribution in [0.15, 0.2) is 24.7 Å². The molecule has 1 saturated heterocycles. The number of nitrogen functional groups attached to an aromatic ring is 1. The average molecular weight is 637 g/mol. The number of ether oxygens (including phenoxy) is 1. The number of benzene rings is 1. The van der Waals surface area contributed by atoms with Crippen LogP contribution in [-0.2, 0) is 19.1 Å². The predicted octanol–water partition coefficient (Wildman–Crippen LogP) is 5.25. The van der Waals surface area contributed by atoms with Gasteiger partial charge in [0.1, 0.15) is 24.5 Å². The number of likely N-dealkylation sites (tertiary alicyclic amines) is 1. The number of rotatable bonds is 5. The number of H-pyrrole nitrogens is 1. The fraction of sp³-hybridized carbons (Fsp3) is 0.448. The van der Waals surface area contributed by atoms with E-state index in [2.05, 4.69) is 25.0 Å². The van der Waals surface area contributed by atoms with E-state index in [9.17, 15) is 31.1 Å². The predicted molar refractivity (Wildman–Crippen MR) is 151 cm³/mol. The first-order valence-corrected chi connectivity index (χ1v) is 14.3. The number of hydrogen-bond donors (Lipinski definition) is 2. The maximum absolute atomic E-state index is 14.4. The third-order valence-corrected chi connectivity index (χ3v) is 8.64. The fourth-order valence-corrected chi connectivity index (χ4v) is 6.63. The lowest BCUT2D eigenvalue weighted by Gasteiger charge is -2.28. The molecule has 2 aliphatic heterocycles. The number of fused-ring (bicyclic) bond motifs is 3. The van der Waals surface area contributed by atoms with E-state index in [4.69, 9.17) is 10.5 Å². The second kappa shape index (κ2) is 11.5. The molecule has 1 aromatic carbocycles. The number of anilines is 1. The second-order valence-corrected chi connectivity index (χ2v) is 11.4. The Morgan fingerprint density at radius 3 is 2.73 bits per heavy atom.